The third-order valence-electron chi connectivity index (χ3n) is 4.06. The van der Waals surface area contributed by atoms with Crippen LogP contribution in [0.2, 0.25) is 0 Å². The minimum absolute atomic E-state index is 0.0721. The summed E-state index contributed by atoms with van der Waals surface area (Å²) in [6.45, 7) is 1.22. The maximum atomic E-state index is 13.1. The zero-order chi connectivity index (χ0) is 20.7. The van der Waals surface area contributed by atoms with Crippen molar-refractivity contribution in [2.24, 2.45) is 0 Å². The fraction of sp³-hybridized carbons (Fsp3) is 0.529. The van der Waals surface area contributed by atoms with Gasteiger partial charge in [0.05, 0.1) is 18.0 Å². The predicted molar refractivity (Wildman–Crippen MR) is 99.2 cm³/mol. The Labute approximate surface area is 163 Å². The molecule has 0 spiro atoms. The first-order chi connectivity index (χ1) is 13.2. The van der Waals surface area contributed by atoms with E-state index in [0.717, 1.165) is 16.4 Å². The predicted octanol–water partition coefficient (Wildman–Crippen LogP) is -0.643. The molecule has 1 aromatic carbocycles. The number of carbonyl (C=O) groups is 2. The molecule has 0 bridgehead atoms. The van der Waals surface area contributed by atoms with E-state index >= 15 is 0 Å². The van der Waals surface area contributed by atoms with Crippen molar-refractivity contribution in [3.05, 3.63) is 30.1 Å². The lowest BCUT2D eigenvalue weighted by Gasteiger charge is -2.34. The number of halogens is 1. The van der Waals surface area contributed by atoms with Crippen LogP contribution in [0.15, 0.2) is 29.2 Å². The zero-order valence-corrected chi connectivity index (χ0v) is 16.7. The van der Waals surface area contributed by atoms with Gasteiger partial charge in [0.2, 0.25) is 10.0 Å². The Hall–Kier alpha value is -2.08. The Morgan fingerprint density at radius 3 is 2.50 bits per heavy atom. The van der Waals surface area contributed by atoms with Crippen LogP contribution in [0.4, 0.5) is 4.39 Å². The lowest BCUT2D eigenvalue weighted by atomic mass is 10.3. The lowest BCUT2D eigenvalue weighted by Crippen LogP contribution is -2.53. The van der Waals surface area contributed by atoms with E-state index in [1.807, 2.05) is 19.0 Å². The average molecular weight is 416 g/mol. The Kier molecular flexibility index (Phi) is 7.87. The molecule has 156 valence electrons. The Morgan fingerprint density at radius 1 is 1.21 bits per heavy atom. The van der Waals surface area contributed by atoms with Crippen LogP contribution in [0.5, 0.6) is 0 Å². The van der Waals surface area contributed by atoms with Crippen LogP contribution < -0.4 is 10.6 Å². The summed E-state index contributed by atoms with van der Waals surface area (Å²) in [5.41, 5.74) is 0. The van der Waals surface area contributed by atoms with Crippen LogP contribution in [0.1, 0.15) is 6.42 Å². The first kappa shape index (κ1) is 22.2. The number of carbonyl (C=O) groups excluding carboxylic acids is 2. The number of hydrogen-bond acceptors (Lipinski definition) is 6. The standard InChI is InChI=1S/C17H25FN4O5S/c1-21(2)10-8-19-16(23)17(24)20-12-15-22(9-3-11-27-15)28(25,26)14-6-4-13(18)5-7-14/h4-7,15H,3,8-12H2,1-2H3,(H,19,23)(H,20,24)/t15-/m1/s1. The van der Waals surface area contributed by atoms with Crippen LogP contribution in [0.3, 0.4) is 0 Å². The van der Waals surface area contributed by atoms with Gasteiger partial charge < -0.3 is 20.3 Å². The van der Waals surface area contributed by atoms with Gasteiger partial charge in [-0.05, 0) is 44.8 Å². The van der Waals surface area contributed by atoms with Crippen molar-refractivity contribution < 1.29 is 27.1 Å². The molecular formula is C17H25FN4O5S. The van der Waals surface area contributed by atoms with Crippen molar-refractivity contribution in [2.75, 3.05) is 46.9 Å². The number of hydrogen-bond donors (Lipinski definition) is 2. The van der Waals surface area contributed by atoms with Gasteiger partial charge in [-0.25, -0.2) is 12.8 Å². The van der Waals surface area contributed by atoms with Crippen molar-refractivity contribution in [3.8, 4) is 0 Å². The summed E-state index contributed by atoms with van der Waals surface area (Å²) in [4.78, 5) is 25.5. The van der Waals surface area contributed by atoms with Crippen molar-refractivity contribution in [2.45, 2.75) is 17.5 Å². The summed E-state index contributed by atoms with van der Waals surface area (Å²) >= 11 is 0. The summed E-state index contributed by atoms with van der Waals surface area (Å²) in [6, 6.07) is 4.47. The number of nitrogens with one attached hydrogen (secondary N) is 2. The molecule has 1 atom stereocenters. The third kappa shape index (κ3) is 5.96. The van der Waals surface area contributed by atoms with Crippen molar-refractivity contribution in [1.82, 2.24) is 19.8 Å². The second kappa shape index (κ2) is 9.92. The maximum Gasteiger partial charge on any atom is 0.309 e. The molecular weight excluding hydrogens is 391 g/mol. The molecule has 0 radical (unpaired) electrons. The molecule has 2 N–H and O–H groups in total. The highest BCUT2D eigenvalue weighted by atomic mass is 32.2. The number of benzene rings is 1. The first-order valence-corrected chi connectivity index (χ1v) is 10.3. The molecule has 1 aromatic rings. The number of amides is 2. The van der Waals surface area contributed by atoms with Crippen molar-refractivity contribution in [1.29, 1.82) is 0 Å². The SMILES string of the molecule is CN(C)CCNC(=O)C(=O)NC[C@H]1OCCCN1S(=O)(=O)c1ccc(F)cc1. The van der Waals surface area contributed by atoms with E-state index in [2.05, 4.69) is 10.6 Å². The largest absolute Gasteiger partial charge is 0.360 e. The van der Waals surface area contributed by atoms with Gasteiger partial charge >= 0.3 is 11.8 Å². The zero-order valence-electron chi connectivity index (χ0n) is 15.9. The molecule has 11 heteroatoms. The highest BCUT2D eigenvalue weighted by Gasteiger charge is 2.34. The van der Waals surface area contributed by atoms with Gasteiger partial charge in [0.1, 0.15) is 12.0 Å². The van der Waals surface area contributed by atoms with Gasteiger partial charge in [0.15, 0.2) is 0 Å². The summed E-state index contributed by atoms with van der Waals surface area (Å²) in [5, 5.41) is 4.87. The minimum Gasteiger partial charge on any atom is -0.360 e. The van der Waals surface area contributed by atoms with Gasteiger partial charge in [-0.2, -0.15) is 4.31 Å². The van der Waals surface area contributed by atoms with E-state index in [0.29, 0.717) is 26.1 Å². The van der Waals surface area contributed by atoms with E-state index in [-0.39, 0.29) is 18.0 Å². The van der Waals surface area contributed by atoms with Crippen LogP contribution in [-0.2, 0) is 24.3 Å². The molecule has 0 aromatic heterocycles. The quantitative estimate of drug-likeness (QED) is 0.573. The number of sulfonamides is 1. The van der Waals surface area contributed by atoms with E-state index in [1.54, 1.807) is 0 Å². The summed E-state index contributed by atoms with van der Waals surface area (Å²) < 4.78 is 45.3. The summed E-state index contributed by atoms with van der Waals surface area (Å²) in [6.07, 6.45) is -0.474. The molecule has 0 unspecified atom stereocenters. The van der Waals surface area contributed by atoms with Gasteiger partial charge in [0.25, 0.3) is 0 Å². The third-order valence-corrected chi connectivity index (χ3v) is 5.97. The number of rotatable bonds is 7. The van der Waals surface area contributed by atoms with Crippen LogP contribution in [-0.4, -0.2) is 82.5 Å². The topological polar surface area (TPSA) is 108 Å². The van der Waals surface area contributed by atoms with Gasteiger partial charge in [0, 0.05) is 19.6 Å². The van der Waals surface area contributed by atoms with Crippen molar-refractivity contribution >= 4 is 21.8 Å². The highest BCUT2D eigenvalue weighted by molar-refractivity contribution is 7.89. The normalized spacial score (nSPS) is 18.1. The highest BCUT2D eigenvalue weighted by Crippen LogP contribution is 2.22. The van der Waals surface area contributed by atoms with Gasteiger partial charge in [-0.3, -0.25) is 9.59 Å². The number of nitrogens with zero attached hydrogens (tertiary/aromatic N) is 2. The minimum atomic E-state index is -3.94. The lowest BCUT2D eigenvalue weighted by molar-refractivity contribution is -0.140. The first-order valence-electron chi connectivity index (χ1n) is 8.81. The molecule has 2 amide bonds. The van der Waals surface area contributed by atoms with Crippen LogP contribution in [0, 0.1) is 5.82 Å². The second-order valence-corrected chi connectivity index (χ2v) is 8.41. The molecule has 2 rings (SSSR count). The molecule has 9 nitrogen and oxygen atoms in total. The summed E-state index contributed by atoms with van der Waals surface area (Å²) in [7, 11) is -0.263. The average Bonchev–Trinajstić information content (AvgIpc) is 2.66. The molecule has 1 aliphatic heterocycles. The molecule has 0 aliphatic carbocycles. The smallest absolute Gasteiger partial charge is 0.309 e. The molecule has 28 heavy (non-hydrogen) atoms. The monoisotopic (exact) mass is 416 g/mol. The van der Waals surface area contributed by atoms with Crippen LogP contribution >= 0.6 is 0 Å². The van der Waals surface area contributed by atoms with Gasteiger partial charge in [-0.1, -0.05) is 0 Å². The Bertz CT molecular complexity index is 785. The fourth-order valence-electron chi connectivity index (χ4n) is 2.58. The molecule has 1 heterocycles. The molecule has 0 saturated carbocycles. The van der Waals surface area contributed by atoms with E-state index in [4.69, 9.17) is 4.74 Å². The van der Waals surface area contributed by atoms with Crippen molar-refractivity contribution in [3.63, 3.8) is 0 Å². The molecule has 1 fully saturated rings. The number of likely N-dealkylation sites (N-methyl/N-ethyl adjacent to an activating group) is 1. The van der Waals surface area contributed by atoms with E-state index in [1.165, 1.54) is 12.1 Å². The molecule has 1 aliphatic rings. The summed E-state index contributed by atoms with van der Waals surface area (Å²) in [5.74, 6) is -2.21. The molecule has 1 saturated heterocycles. The van der Waals surface area contributed by atoms with Gasteiger partial charge in [-0.15, -0.1) is 0 Å². The Balaban J connectivity index is 1.98. The number of ether oxygens (including phenoxy) is 1. The second-order valence-electron chi connectivity index (χ2n) is 6.52. The Morgan fingerprint density at radius 2 is 1.86 bits per heavy atom. The van der Waals surface area contributed by atoms with E-state index < -0.39 is 33.9 Å². The fourth-order valence-corrected chi connectivity index (χ4v) is 4.14. The maximum absolute atomic E-state index is 13.1. The van der Waals surface area contributed by atoms with E-state index in [9.17, 15) is 22.4 Å². The van der Waals surface area contributed by atoms with Crippen LogP contribution in [0.25, 0.3) is 0 Å².